The van der Waals surface area contributed by atoms with Crippen molar-refractivity contribution in [3.63, 3.8) is 0 Å². The van der Waals surface area contributed by atoms with Crippen molar-refractivity contribution in [2.24, 2.45) is 11.3 Å². The molecule has 1 aliphatic heterocycles. The van der Waals surface area contributed by atoms with Crippen molar-refractivity contribution in [3.05, 3.63) is 99.5 Å². The van der Waals surface area contributed by atoms with Gasteiger partial charge in [-0.05, 0) is 99.2 Å². The number of benzene rings is 3. The molecule has 242 valence electrons. The lowest BCUT2D eigenvalue weighted by Crippen LogP contribution is -2.59. The summed E-state index contributed by atoms with van der Waals surface area (Å²) in [4.78, 5) is 28.5. The standard InChI is InChI=1S/C36H44Cl2N2O4S/c1-23(2)33(22-45(43,44)24(3)4)40-34(27-10-14-29(37)15-11-27)32(28-8-7-9-30(38)20-28)21-36(6,35(40)42)18-19-39-31-16-12-26(13-17-31)25(5)41/h7-17,20,23-24,32-34,39H,18-19,21-22H2,1-6H3/t32-,33?,34-,36+/m1/s1. The van der Waals surface area contributed by atoms with Gasteiger partial charge in [0.1, 0.15) is 0 Å². The molecule has 3 aromatic rings. The highest BCUT2D eigenvalue weighted by atomic mass is 35.5. The van der Waals surface area contributed by atoms with Crippen LogP contribution in [-0.4, -0.2) is 48.6 Å². The quantitative estimate of drug-likeness (QED) is 0.195. The summed E-state index contributed by atoms with van der Waals surface area (Å²) in [6.07, 6.45) is 1.06. The van der Waals surface area contributed by atoms with Gasteiger partial charge in [-0.3, -0.25) is 9.59 Å². The number of halogens is 2. The molecule has 0 aliphatic carbocycles. The van der Waals surface area contributed by atoms with Crippen LogP contribution in [0.1, 0.15) is 87.8 Å². The Bertz CT molecular complexity index is 1610. The van der Waals surface area contributed by atoms with E-state index in [1.54, 1.807) is 26.0 Å². The first-order valence-corrected chi connectivity index (χ1v) is 18.0. The lowest BCUT2D eigenvalue weighted by Gasteiger charge is -2.53. The van der Waals surface area contributed by atoms with E-state index in [1.807, 2.05) is 86.3 Å². The Morgan fingerprint density at radius 3 is 2.16 bits per heavy atom. The Labute approximate surface area is 278 Å². The average Bonchev–Trinajstić information content (AvgIpc) is 2.98. The topological polar surface area (TPSA) is 83.6 Å². The fourth-order valence-corrected chi connectivity index (χ4v) is 8.03. The molecule has 0 spiro atoms. The number of sulfone groups is 1. The van der Waals surface area contributed by atoms with Crippen LogP contribution in [0.15, 0.2) is 72.8 Å². The molecule has 1 fully saturated rings. The van der Waals surface area contributed by atoms with Gasteiger partial charge in [0.2, 0.25) is 5.91 Å². The predicted octanol–water partition coefficient (Wildman–Crippen LogP) is 8.61. The first kappa shape index (κ1) is 35.0. The van der Waals surface area contributed by atoms with Gasteiger partial charge in [0.15, 0.2) is 15.6 Å². The van der Waals surface area contributed by atoms with E-state index >= 15 is 0 Å². The molecule has 0 aromatic heterocycles. The summed E-state index contributed by atoms with van der Waals surface area (Å²) in [5, 5.41) is 4.04. The number of piperidine rings is 1. The van der Waals surface area contributed by atoms with Gasteiger partial charge in [0.25, 0.3) is 0 Å². The summed E-state index contributed by atoms with van der Waals surface area (Å²) in [6.45, 7) is 11.4. The van der Waals surface area contributed by atoms with Gasteiger partial charge in [-0.1, -0.05) is 68.2 Å². The van der Waals surface area contributed by atoms with Crippen LogP contribution in [-0.2, 0) is 14.6 Å². The Kier molecular flexibility index (Phi) is 11.1. The minimum absolute atomic E-state index is 0.00319. The number of anilines is 1. The third kappa shape index (κ3) is 8.11. The molecule has 1 saturated heterocycles. The van der Waals surface area contributed by atoms with Gasteiger partial charge in [-0.25, -0.2) is 8.42 Å². The van der Waals surface area contributed by atoms with E-state index in [0.717, 1.165) is 16.8 Å². The maximum absolute atomic E-state index is 14.9. The highest BCUT2D eigenvalue weighted by Crippen LogP contribution is 2.52. The van der Waals surface area contributed by atoms with Crippen LogP contribution in [0.3, 0.4) is 0 Å². The number of likely N-dealkylation sites (tertiary alicyclic amines) is 1. The molecular formula is C36H44Cl2N2O4S. The number of amides is 1. The smallest absolute Gasteiger partial charge is 0.229 e. The fourth-order valence-electron chi connectivity index (χ4n) is 6.30. The van der Waals surface area contributed by atoms with Gasteiger partial charge in [0.05, 0.1) is 17.0 Å². The van der Waals surface area contributed by atoms with Crippen LogP contribution in [0, 0.1) is 11.3 Å². The maximum Gasteiger partial charge on any atom is 0.229 e. The normalized spacial score (nSPS) is 21.3. The highest BCUT2D eigenvalue weighted by Gasteiger charge is 2.52. The third-order valence-electron chi connectivity index (χ3n) is 9.14. The minimum Gasteiger partial charge on any atom is -0.385 e. The number of hydrogen-bond donors (Lipinski definition) is 1. The van der Waals surface area contributed by atoms with Crippen molar-refractivity contribution in [2.75, 3.05) is 17.6 Å². The summed E-state index contributed by atoms with van der Waals surface area (Å²) in [5.41, 5.74) is 2.58. The van der Waals surface area contributed by atoms with Gasteiger partial charge in [-0.15, -0.1) is 0 Å². The number of nitrogens with one attached hydrogen (secondary N) is 1. The predicted molar refractivity (Wildman–Crippen MR) is 185 cm³/mol. The zero-order chi connectivity index (χ0) is 33.1. The maximum atomic E-state index is 14.9. The molecule has 4 rings (SSSR count). The summed E-state index contributed by atoms with van der Waals surface area (Å²) < 4.78 is 26.9. The Morgan fingerprint density at radius 1 is 0.956 bits per heavy atom. The van der Waals surface area contributed by atoms with E-state index in [-0.39, 0.29) is 29.3 Å². The highest BCUT2D eigenvalue weighted by molar-refractivity contribution is 7.92. The molecule has 1 amide bonds. The van der Waals surface area contributed by atoms with Crippen LogP contribution >= 0.6 is 23.2 Å². The van der Waals surface area contributed by atoms with Crippen LogP contribution in [0.5, 0.6) is 0 Å². The number of nitrogens with zero attached hydrogens (tertiary/aromatic N) is 1. The molecule has 1 unspecified atom stereocenters. The molecule has 4 atom stereocenters. The van der Waals surface area contributed by atoms with Crippen LogP contribution in [0.4, 0.5) is 5.69 Å². The molecule has 9 heteroatoms. The second-order valence-electron chi connectivity index (χ2n) is 13.1. The number of carbonyl (C=O) groups excluding carboxylic acids is 2. The number of hydrogen-bond acceptors (Lipinski definition) is 5. The van der Waals surface area contributed by atoms with Crippen LogP contribution < -0.4 is 5.32 Å². The van der Waals surface area contributed by atoms with E-state index in [9.17, 15) is 18.0 Å². The molecule has 0 radical (unpaired) electrons. The molecule has 0 bridgehead atoms. The average molecular weight is 672 g/mol. The molecule has 6 nitrogen and oxygen atoms in total. The lowest BCUT2D eigenvalue weighted by molar-refractivity contribution is -0.155. The number of carbonyl (C=O) groups is 2. The van der Waals surface area contributed by atoms with Crippen molar-refractivity contribution >= 4 is 50.4 Å². The first-order chi connectivity index (χ1) is 21.1. The van der Waals surface area contributed by atoms with Gasteiger partial charge in [-0.2, -0.15) is 0 Å². The van der Waals surface area contributed by atoms with Crippen molar-refractivity contribution in [1.82, 2.24) is 4.90 Å². The number of Topliss-reactive ketones (excluding diaryl/α,β-unsaturated/α-hetero) is 1. The summed E-state index contributed by atoms with van der Waals surface area (Å²) in [5.74, 6) is -0.476. The van der Waals surface area contributed by atoms with Crippen molar-refractivity contribution in [3.8, 4) is 0 Å². The molecule has 3 aromatic carbocycles. The first-order valence-electron chi connectivity index (χ1n) is 15.5. The zero-order valence-corrected chi connectivity index (χ0v) is 29.2. The summed E-state index contributed by atoms with van der Waals surface area (Å²) >= 11 is 12.8. The lowest BCUT2D eigenvalue weighted by atomic mass is 9.66. The summed E-state index contributed by atoms with van der Waals surface area (Å²) in [6, 6.07) is 21.6. The molecule has 1 aliphatic rings. The van der Waals surface area contributed by atoms with Crippen LogP contribution in [0.2, 0.25) is 10.0 Å². The second-order valence-corrected chi connectivity index (χ2v) is 16.6. The molecular weight excluding hydrogens is 627 g/mol. The molecule has 45 heavy (non-hydrogen) atoms. The van der Waals surface area contributed by atoms with Crippen molar-refractivity contribution in [2.45, 2.75) is 77.6 Å². The van der Waals surface area contributed by atoms with Gasteiger partial charge < -0.3 is 10.2 Å². The minimum atomic E-state index is -3.49. The third-order valence-corrected chi connectivity index (χ3v) is 11.9. The Hall–Kier alpha value is -2.87. The van der Waals surface area contributed by atoms with E-state index in [1.165, 1.54) is 6.92 Å². The van der Waals surface area contributed by atoms with Crippen molar-refractivity contribution < 1.29 is 18.0 Å². The van der Waals surface area contributed by atoms with E-state index in [0.29, 0.717) is 35.0 Å². The fraction of sp³-hybridized carbons (Fsp3) is 0.444. The molecule has 0 saturated carbocycles. The monoisotopic (exact) mass is 670 g/mol. The van der Waals surface area contributed by atoms with E-state index in [2.05, 4.69) is 5.32 Å². The molecule has 1 N–H and O–H groups in total. The SMILES string of the molecule is CC(=O)c1ccc(NCC[C@@]2(C)C[C@H](c3cccc(Cl)c3)[C@@H](c3ccc(Cl)cc3)N(C(CS(=O)(=O)C(C)C)C(C)C)C2=O)cc1. The van der Waals surface area contributed by atoms with E-state index in [4.69, 9.17) is 23.2 Å². The number of ketones is 1. The van der Waals surface area contributed by atoms with Crippen LogP contribution in [0.25, 0.3) is 0 Å². The zero-order valence-electron chi connectivity index (χ0n) is 26.9. The van der Waals surface area contributed by atoms with Gasteiger partial charge in [0, 0.05) is 45.2 Å². The van der Waals surface area contributed by atoms with Gasteiger partial charge >= 0.3 is 0 Å². The Morgan fingerprint density at radius 2 is 1.60 bits per heavy atom. The van der Waals surface area contributed by atoms with E-state index < -0.39 is 32.6 Å². The van der Waals surface area contributed by atoms with Crippen molar-refractivity contribution in [1.29, 1.82) is 0 Å². The molecule has 1 heterocycles. The largest absolute Gasteiger partial charge is 0.385 e. The Balaban J connectivity index is 1.81. The number of rotatable bonds is 12. The summed E-state index contributed by atoms with van der Waals surface area (Å²) in [7, 11) is -3.49. The second kappa shape index (κ2) is 14.3.